The second kappa shape index (κ2) is 5.15. The smallest absolute Gasteiger partial charge is 0.225 e. The van der Waals surface area contributed by atoms with Crippen molar-refractivity contribution >= 4 is 5.91 Å². The maximum Gasteiger partial charge on any atom is 0.225 e. The van der Waals surface area contributed by atoms with E-state index in [1.165, 1.54) is 0 Å². The van der Waals surface area contributed by atoms with Crippen molar-refractivity contribution in [2.24, 2.45) is 11.7 Å². The predicted octanol–water partition coefficient (Wildman–Crippen LogP) is 0.751. The second-order valence-electron chi connectivity index (χ2n) is 4.96. The van der Waals surface area contributed by atoms with Crippen LogP contribution >= 0.6 is 0 Å². The summed E-state index contributed by atoms with van der Waals surface area (Å²) in [6.45, 7) is 4.30. The lowest BCUT2D eigenvalue weighted by atomic mass is 10.1. The van der Waals surface area contributed by atoms with Gasteiger partial charge in [-0.15, -0.1) is 0 Å². The Labute approximate surface area is 97.1 Å². The zero-order valence-electron chi connectivity index (χ0n) is 10.0. The molecule has 3 atom stereocenters. The van der Waals surface area contributed by atoms with Gasteiger partial charge in [-0.25, -0.2) is 0 Å². The van der Waals surface area contributed by atoms with E-state index in [1.54, 1.807) is 0 Å². The van der Waals surface area contributed by atoms with Crippen LogP contribution in [-0.2, 0) is 9.53 Å². The van der Waals surface area contributed by atoms with Gasteiger partial charge in [-0.2, -0.15) is 0 Å². The number of amides is 1. The van der Waals surface area contributed by atoms with E-state index in [-0.39, 0.29) is 18.1 Å². The Morgan fingerprint density at radius 2 is 2.31 bits per heavy atom. The number of carbonyl (C=O) groups excluding carboxylic acids is 1. The van der Waals surface area contributed by atoms with Crippen molar-refractivity contribution < 1.29 is 9.53 Å². The summed E-state index contributed by atoms with van der Waals surface area (Å²) in [7, 11) is 0. The zero-order chi connectivity index (χ0) is 11.5. The first kappa shape index (κ1) is 11.9. The summed E-state index contributed by atoms with van der Waals surface area (Å²) in [4.78, 5) is 14.2. The maximum atomic E-state index is 12.2. The molecular weight excluding hydrogens is 204 g/mol. The Bertz CT molecular complexity index is 257. The highest BCUT2D eigenvalue weighted by Crippen LogP contribution is 2.26. The zero-order valence-corrected chi connectivity index (χ0v) is 10.0. The quantitative estimate of drug-likeness (QED) is 0.756. The Kier molecular flexibility index (Phi) is 3.82. The molecule has 0 aromatic rings. The average molecular weight is 226 g/mol. The molecule has 3 unspecified atom stereocenters. The highest BCUT2D eigenvalue weighted by Gasteiger charge is 2.33. The largest absolute Gasteiger partial charge is 0.375 e. The molecule has 0 radical (unpaired) electrons. The van der Waals surface area contributed by atoms with Gasteiger partial charge < -0.3 is 15.4 Å². The Morgan fingerprint density at radius 3 is 2.94 bits per heavy atom. The molecule has 16 heavy (non-hydrogen) atoms. The fourth-order valence-electron chi connectivity index (χ4n) is 2.67. The van der Waals surface area contributed by atoms with Gasteiger partial charge in [0.1, 0.15) is 0 Å². The van der Waals surface area contributed by atoms with Crippen LogP contribution in [0.25, 0.3) is 0 Å². The third kappa shape index (κ3) is 2.55. The molecule has 4 nitrogen and oxygen atoms in total. The van der Waals surface area contributed by atoms with Gasteiger partial charge in [0.15, 0.2) is 0 Å². The fraction of sp³-hybridized carbons (Fsp3) is 0.917. The molecule has 2 fully saturated rings. The Balaban J connectivity index is 1.89. The molecule has 0 bridgehead atoms. The van der Waals surface area contributed by atoms with E-state index in [2.05, 4.69) is 6.92 Å². The number of ether oxygens (including phenoxy) is 1. The van der Waals surface area contributed by atoms with E-state index in [4.69, 9.17) is 10.5 Å². The highest BCUT2D eigenvalue weighted by molar-refractivity contribution is 5.79. The van der Waals surface area contributed by atoms with Crippen LogP contribution in [0.4, 0.5) is 0 Å². The molecule has 0 aromatic carbocycles. The van der Waals surface area contributed by atoms with E-state index in [0.29, 0.717) is 12.5 Å². The topological polar surface area (TPSA) is 55.6 Å². The standard InChI is InChI=1S/C12H22N2O2/c1-2-11-8-14(5-6-16-11)12(15)9-3-4-10(13)7-9/h9-11H,2-8,13H2,1H3. The van der Waals surface area contributed by atoms with Crippen molar-refractivity contribution in [3.05, 3.63) is 0 Å². The normalized spacial score (nSPS) is 35.4. The Morgan fingerprint density at radius 1 is 1.50 bits per heavy atom. The van der Waals surface area contributed by atoms with Gasteiger partial charge in [-0.3, -0.25) is 4.79 Å². The van der Waals surface area contributed by atoms with Crippen LogP contribution in [0.15, 0.2) is 0 Å². The van der Waals surface area contributed by atoms with Crippen molar-refractivity contribution in [3.63, 3.8) is 0 Å². The molecule has 2 N–H and O–H groups in total. The Hall–Kier alpha value is -0.610. The number of hydrogen-bond acceptors (Lipinski definition) is 3. The first-order chi connectivity index (χ1) is 7.70. The van der Waals surface area contributed by atoms with E-state index in [9.17, 15) is 4.79 Å². The number of rotatable bonds is 2. The molecule has 1 aliphatic heterocycles. The van der Waals surface area contributed by atoms with E-state index in [0.717, 1.165) is 38.8 Å². The molecule has 1 saturated carbocycles. The van der Waals surface area contributed by atoms with Gasteiger partial charge >= 0.3 is 0 Å². The van der Waals surface area contributed by atoms with Crippen LogP contribution in [0.1, 0.15) is 32.6 Å². The molecule has 4 heteroatoms. The minimum atomic E-state index is 0.172. The predicted molar refractivity (Wildman–Crippen MR) is 61.9 cm³/mol. The van der Waals surface area contributed by atoms with Crippen LogP contribution in [0, 0.1) is 5.92 Å². The fourth-order valence-corrected chi connectivity index (χ4v) is 2.67. The molecule has 1 heterocycles. The van der Waals surface area contributed by atoms with Crippen molar-refractivity contribution in [1.29, 1.82) is 0 Å². The van der Waals surface area contributed by atoms with Gasteiger partial charge in [0.25, 0.3) is 0 Å². The first-order valence-corrected chi connectivity index (χ1v) is 6.36. The molecule has 2 rings (SSSR count). The summed E-state index contributed by atoms with van der Waals surface area (Å²) in [6, 6.07) is 0.233. The number of nitrogens with two attached hydrogens (primary N) is 1. The van der Waals surface area contributed by atoms with Crippen molar-refractivity contribution in [1.82, 2.24) is 4.90 Å². The van der Waals surface area contributed by atoms with E-state index in [1.807, 2.05) is 4.90 Å². The third-order valence-electron chi connectivity index (χ3n) is 3.73. The molecule has 2 aliphatic rings. The number of carbonyl (C=O) groups is 1. The van der Waals surface area contributed by atoms with Gasteiger partial charge in [0, 0.05) is 25.0 Å². The van der Waals surface area contributed by atoms with Crippen molar-refractivity contribution in [2.75, 3.05) is 19.7 Å². The molecule has 92 valence electrons. The van der Waals surface area contributed by atoms with Gasteiger partial charge in [0.05, 0.1) is 12.7 Å². The van der Waals surface area contributed by atoms with Gasteiger partial charge in [0.2, 0.25) is 5.91 Å². The monoisotopic (exact) mass is 226 g/mol. The molecule has 1 aliphatic carbocycles. The lowest BCUT2D eigenvalue weighted by Crippen LogP contribution is -2.47. The summed E-state index contributed by atoms with van der Waals surface area (Å²) in [5.41, 5.74) is 5.85. The van der Waals surface area contributed by atoms with Crippen LogP contribution < -0.4 is 5.73 Å². The molecule has 1 amide bonds. The van der Waals surface area contributed by atoms with Crippen molar-refractivity contribution in [2.45, 2.75) is 44.8 Å². The van der Waals surface area contributed by atoms with Gasteiger partial charge in [-0.05, 0) is 25.7 Å². The summed E-state index contributed by atoms with van der Waals surface area (Å²) in [6.07, 6.45) is 4.04. The maximum absolute atomic E-state index is 12.2. The molecular formula is C12H22N2O2. The van der Waals surface area contributed by atoms with Crippen molar-refractivity contribution in [3.8, 4) is 0 Å². The first-order valence-electron chi connectivity index (χ1n) is 6.36. The van der Waals surface area contributed by atoms with Crippen LogP contribution in [-0.4, -0.2) is 42.6 Å². The second-order valence-corrected chi connectivity index (χ2v) is 4.96. The SMILES string of the molecule is CCC1CN(C(=O)C2CCC(N)C2)CCO1. The number of morpholine rings is 1. The lowest BCUT2D eigenvalue weighted by molar-refractivity contribution is -0.143. The molecule has 1 saturated heterocycles. The highest BCUT2D eigenvalue weighted by atomic mass is 16.5. The third-order valence-corrected chi connectivity index (χ3v) is 3.73. The molecule has 0 aromatic heterocycles. The summed E-state index contributed by atoms with van der Waals surface area (Å²) < 4.78 is 5.57. The summed E-state index contributed by atoms with van der Waals surface area (Å²) in [5.74, 6) is 0.473. The van der Waals surface area contributed by atoms with Gasteiger partial charge in [-0.1, -0.05) is 6.92 Å². The van der Waals surface area contributed by atoms with E-state index < -0.39 is 0 Å². The average Bonchev–Trinajstić information content (AvgIpc) is 2.75. The van der Waals surface area contributed by atoms with Crippen LogP contribution in [0.2, 0.25) is 0 Å². The van der Waals surface area contributed by atoms with E-state index >= 15 is 0 Å². The number of nitrogens with zero attached hydrogens (tertiary/aromatic N) is 1. The number of hydrogen-bond donors (Lipinski definition) is 1. The minimum Gasteiger partial charge on any atom is -0.375 e. The summed E-state index contributed by atoms with van der Waals surface area (Å²) >= 11 is 0. The van der Waals surface area contributed by atoms with Crippen LogP contribution in [0.5, 0.6) is 0 Å². The molecule has 0 spiro atoms. The summed E-state index contributed by atoms with van der Waals surface area (Å²) in [5, 5.41) is 0. The van der Waals surface area contributed by atoms with Crippen LogP contribution in [0.3, 0.4) is 0 Å². The minimum absolute atomic E-state index is 0.172. The lowest BCUT2D eigenvalue weighted by Gasteiger charge is -2.34.